The second-order valence-corrected chi connectivity index (χ2v) is 4.36. The van der Waals surface area contributed by atoms with E-state index in [1.165, 1.54) is 43.6 Å². The highest BCUT2D eigenvalue weighted by atomic mass is 16.5. The van der Waals surface area contributed by atoms with Gasteiger partial charge in [-0.2, -0.15) is 0 Å². The van der Waals surface area contributed by atoms with Crippen LogP contribution in [0.5, 0.6) is 5.75 Å². The summed E-state index contributed by atoms with van der Waals surface area (Å²) < 4.78 is 9.79. The molecule has 0 unspecified atom stereocenters. The summed E-state index contributed by atoms with van der Waals surface area (Å²) in [6, 6.07) is 9.14. The highest BCUT2D eigenvalue weighted by Gasteiger charge is 2.12. The molecule has 0 saturated carbocycles. The van der Waals surface area contributed by atoms with Crippen molar-refractivity contribution in [3.63, 3.8) is 0 Å². The lowest BCUT2D eigenvalue weighted by molar-refractivity contribution is -0.131. The van der Waals surface area contributed by atoms with Crippen molar-refractivity contribution in [3.05, 3.63) is 59.9 Å². The van der Waals surface area contributed by atoms with E-state index >= 15 is 0 Å². The van der Waals surface area contributed by atoms with Gasteiger partial charge >= 0.3 is 11.9 Å². The lowest BCUT2D eigenvalue weighted by atomic mass is 10.1. The third-order valence-electron chi connectivity index (χ3n) is 2.67. The maximum Gasteiger partial charge on any atom is 0.340 e. The van der Waals surface area contributed by atoms with Crippen molar-refractivity contribution in [1.29, 1.82) is 0 Å². The van der Waals surface area contributed by atoms with E-state index < -0.39 is 11.9 Å². The van der Waals surface area contributed by atoms with Gasteiger partial charge in [-0.25, -0.2) is 4.79 Å². The smallest absolute Gasteiger partial charge is 0.340 e. The summed E-state index contributed by atoms with van der Waals surface area (Å²) in [6.45, 7) is 0.914. The summed E-state index contributed by atoms with van der Waals surface area (Å²) in [6.07, 6.45) is 2.90. The fourth-order valence-electron chi connectivity index (χ4n) is 1.66. The number of rotatable bonds is 5. The van der Waals surface area contributed by atoms with Crippen LogP contribution in [0.25, 0.3) is 0 Å². The van der Waals surface area contributed by atoms with Crippen LogP contribution in [-0.4, -0.2) is 29.3 Å². The molecule has 1 aromatic heterocycles. The van der Waals surface area contributed by atoms with E-state index in [1.54, 1.807) is 12.1 Å². The van der Waals surface area contributed by atoms with Gasteiger partial charge in [0.05, 0.1) is 5.56 Å². The Morgan fingerprint density at radius 2 is 1.77 bits per heavy atom. The predicted octanol–water partition coefficient (Wildman–Crippen LogP) is 2.05. The second-order valence-electron chi connectivity index (χ2n) is 4.36. The van der Waals surface area contributed by atoms with Gasteiger partial charge in [-0.3, -0.25) is 14.6 Å². The molecule has 1 aromatic carbocycles. The number of pyridine rings is 1. The number of hydrogen-bond donors (Lipinski definition) is 0. The predicted molar refractivity (Wildman–Crippen MR) is 76.6 cm³/mol. The number of ether oxygens (including phenoxy) is 2. The number of aromatic nitrogens is 1. The molecule has 0 bridgehead atoms. The van der Waals surface area contributed by atoms with Crippen LogP contribution in [0, 0.1) is 0 Å². The van der Waals surface area contributed by atoms with Crippen LogP contribution in [0.2, 0.25) is 0 Å². The number of hydrogen-bond acceptors (Lipinski definition) is 6. The summed E-state index contributed by atoms with van der Waals surface area (Å²) in [7, 11) is 0. The van der Waals surface area contributed by atoms with Crippen molar-refractivity contribution in [2.75, 3.05) is 6.61 Å². The molecular weight excluding hydrogens is 286 g/mol. The molecular formula is C16H13NO5. The van der Waals surface area contributed by atoms with Crippen LogP contribution < -0.4 is 4.74 Å². The number of benzene rings is 1. The SMILES string of the molecule is CC(=O)Oc1ccc(C(=O)COC(=O)c2cccnc2)cc1. The van der Waals surface area contributed by atoms with E-state index in [0.29, 0.717) is 11.3 Å². The highest BCUT2D eigenvalue weighted by Crippen LogP contribution is 2.13. The monoisotopic (exact) mass is 299 g/mol. The number of nitrogens with zero attached hydrogens (tertiary/aromatic N) is 1. The first-order valence-corrected chi connectivity index (χ1v) is 6.45. The average molecular weight is 299 g/mol. The summed E-state index contributed by atoms with van der Waals surface area (Å²) >= 11 is 0. The first kappa shape index (κ1) is 15.4. The van der Waals surface area contributed by atoms with Gasteiger partial charge in [0, 0.05) is 24.9 Å². The fraction of sp³-hybridized carbons (Fsp3) is 0.125. The van der Waals surface area contributed by atoms with E-state index in [-0.39, 0.29) is 18.0 Å². The third kappa shape index (κ3) is 4.24. The maximum atomic E-state index is 11.9. The Bertz CT molecular complexity index is 679. The van der Waals surface area contributed by atoms with Gasteiger partial charge in [0.25, 0.3) is 0 Å². The van der Waals surface area contributed by atoms with Crippen molar-refractivity contribution in [3.8, 4) is 5.75 Å². The summed E-state index contributed by atoms with van der Waals surface area (Å²) in [5.74, 6) is -1.06. The zero-order valence-corrected chi connectivity index (χ0v) is 11.8. The number of carbonyl (C=O) groups is 3. The van der Waals surface area contributed by atoms with Crippen LogP contribution in [0.3, 0.4) is 0 Å². The lowest BCUT2D eigenvalue weighted by Crippen LogP contribution is -2.14. The van der Waals surface area contributed by atoms with Gasteiger partial charge in [0.15, 0.2) is 12.4 Å². The van der Waals surface area contributed by atoms with Gasteiger partial charge in [-0.15, -0.1) is 0 Å². The van der Waals surface area contributed by atoms with E-state index in [2.05, 4.69) is 4.98 Å². The number of Topliss-reactive ketones (excluding diaryl/α,β-unsaturated/α-hetero) is 1. The van der Waals surface area contributed by atoms with Crippen molar-refractivity contribution >= 4 is 17.7 Å². The molecule has 0 N–H and O–H groups in total. The van der Waals surface area contributed by atoms with Crippen molar-refractivity contribution in [2.24, 2.45) is 0 Å². The zero-order chi connectivity index (χ0) is 15.9. The molecule has 0 saturated heterocycles. The zero-order valence-electron chi connectivity index (χ0n) is 11.8. The summed E-state index contributed by atoms with van der Waals surface area (Å²) in [5.41, 5.74) is 0.635. The Labute approximate surface area is 126 Å². The molecule has 22 heavy (non-hydrogen) atoms. The first-order valence-electron chi connectivity index (χ1n) is 6.45. The summed E-state index contributed by atoms with van der Waals surface area (Å²) in [4.78, 5) is 38.2. The largest absolute Gasteiger partial charge is 0.454 e. The molecule has 2 aromatic rings. The van der Waals surface area contributed by atoms with Crippen LogP contribution in [0.15, 0.2) is 48.8 Å². The normalized spacial score (nSPS) is 9.86. The quantitative estimate of drug-likeness (QED) is 0.477. The topological polar surface area (TPSA) is 82.6 Å². The molecule has 0 aliphatic carbocycles. The van der Waals surface area contributed by atoms with Crippen LogP contribution >= 0.6 is 0 Å². The Balaban J connectivity index is 1.92. The molecule has 112 valence electrons. The standard InChI is InChI=1S/C16H13NO5/c1-11(18)22-14-6-4-12(5-7-14)15(19)10-21-16(20)13-3-2-8-17-9-13/h2-9H,10H2,1H3. The molecule has 0 spiro atoms. The fourth-order valence-corrected chi connectivity index (χ4v) is 1.66. The molecule has 0 radical (unpaired) electrons. The highest BCUT2D eigenvalue weighted by molar-refractivity contribution is 5.99. The molecule has 0 fully saturated rings. The van der Waals surface area contributed by atoms with Gasteiger partial charge in [-0.1, -0.05) is 0 Å². The van der Waals surface area contributed by atoms with Crippen LogP contribution in [-0.2, 0) is 9.53 Å². The average Bonchev–Trinajstić information content (AvgIpc) is 2.53. The Kier molecular flexibility index (Phi) is 4.98. The summed E-state index contributed by atoms with van der Waals surface area (Å²) in [5, 5.41) is 0. The molecule has 0 aliphatic heterocycles. The van der Waals surface area contributed by atoms with Crippen molar-refractivity contribution in [2.45, 2.75) is 6.92 Å². The molecule has 0 amide bonds. The van der Waals surface area contributed by atoms with Gasteiger partial charge in [0.2, 0.25) is 0 Å². The third-order valence-corrected chi connectivity index (χ3v) is 2.67. The molecule has 1 heterocycles. The number of ketones is 1. The molecule has 2 rings (SSSR count). The van der Waals surface area contributed by atoms with Crippen molar-refractivity contribution in [1.82, 2.24) is 4.98 Å². The Hall–Kier alpha value is -3.02. The maximum absolute atomic E-state index is 11.9. The minimum absolute atomic E-state index is 0.278. The molecule has 0 aliphatic rings. The molecule has 6 heteroatoms. The number of carbonyl (C=O) groups excluding carboxylic acids is 3. The number of esters is 2. The van der Waals surface area contributed by atoms with Crippen LogP contribution in [0.1, 0.15) is 27.6 Å². The van der Waals surface area contributed by atoms with E-state index in [9.17, 15) is 14.4 Å². The van der Waals surface area contributed by atoms with Gasteiger partial charge < -0.3 is 9.47 Å². The van der Waals surface area contributed by atoms with E-state index in [4.69, 9.17) is 9.47 Å². The van der Waals surface area contributed by atoms with E-state index in [0.717, 1.165) is 0 Å². The van der Waals surface area contributed by atoms with Crippen molar-refractivity contribution < 1.29 is 23.9 Å². The Morgan fingerprint density at radius 3 is 2.36 bits per heavy atom. The van der Waals surface area contributed by atoms with Gasteiger partial charge in [0.1, 0.15) is 5.75 Å². The minimum Gasteiger partial charge on any atom is -0.454 e. The lowest BCUT2D eigenvalue weighted by Gasteiger charge is -2.05. The second kappa shape index (κ2) is 7.12. The molecule has 0 atom stereocenters. The van der Waals surface area contributed by atoms with Gasteiger partial charge in [-0.05, 0) is 36.4 Å². The van der Waals surface area contributed by atoms with Crippen LogP contribution in [0.4, 0.5) is 0 Å². The molecule has 6 nitrogen and oxygen atoms in total. The Morgan fingerprint density at radius 1 is 1.05 bits per heavy atom. The minimum atomic E-state index is -0.613. The first-order chi connectivity index (χ1) is 10.6. The van der Waals surface area contributed by atoms with E-state index in [1.807, 2.05) is 0 Å².